The molecular formula is C16H18O8. The highest BCUT2D eigenvalue weighted by Gasteiger charge is 2.52. The van der Waals surface area contributed by atoms with Crippen LogP contribution in [-0.2, 0) is 4.74 Å². The van der Waals surface area contributed by atoms with Gasteiger partial charge in [-0.1, -0.05) is 0 Å². The van der Waals surface area contributed by atoms with E-state index in [0.29, 0.717) is 5.39 Å². The molecule has 0 radical (unpaired) electrons. The average molecular weight is 338 g/mol. The Morgan fingerprint density at radius 1 is 1.17 bits per heavy atom. The zero-order chi connectivity index (χ0) is 17.5. The molecule has 4 N–H and O–H groups in total. The van der Waals surface area contributed by atoms with E-state index in [1.54, 1.807) is 18.2 Å². The van der Waals surface area contributed by atoms with Gasteiger partial charge >= 0.3 is 5.63 Å². The molecule has 1 aliphatic rings. The fourth-order valence-electron chi connectivity index (χ4n) is 2.73. The fourth-order valence-corrected chi connectivity index (χ4v) is 2.73. The Morgan fingerprint density at radius 3 is 2.58 bits per heavy atom. The third kappa shape index (κ3) is 2.90. The first-order valence-electron chi connectivity index (χ1n) is 7.40. The number of hydrogen-bond donors (Lipinski definition) is 4. The summed E-state index contributed by atoms with van der Waals surface area (Å²) < 4.78 is 16.1. The van der Waals surface area contributed by atoms with E-state index in [2.05, 4.69) is 0 Å². The summed E-state index contributed by atoms with van der Waals surface area (Å²) in [6.45, 7) is 0.817. The number of rotatable bonds is 3. The minimum atomic E-state index is -1.71. The summed E-state index contributed by atoms with van der Waals surface area (Å²) in [7, 11) is 0. The van der Waals surface area contributed by atoms with Crippen LogP contribution < -0.4 is 10.4 Å². The van der Waals surface area contributed by atoms with Gasteiger partial charge in [-0.05, 0) is 18.2 Å². The lowest BCUT2D eigenvalue weighted by molar-refractivity contribution is -0.329. The van der Waals surface area contributed by atoms with Gasteiger partial charge in [-0.25, -0.2) is 4.79 Å². The first-order chi connectivity index (χ1) is 11.3. The third-order valence-corrected chi connectivity index (χ3v) is 4.07. The molecule has 3 rings (SSSR count). The van der Waals surface area contributed by atoms with Crippen molar-refractivity contribution in [2.75, 3.05) is 6.61 Å². The maximum atomic E-state index is 11.3. The van der Waals surface area contributed by atoms with Crippen molar-refractivity contribution < 1.29 is 34.3 Å². The zero-order valence-electron chi connectivity index (χ0n) is 12.8. The minimum absolute atomic E-state index is 0.221. The van der Waals surface area contributed by atoms with Crippen LogP contribution in [0.4, 0.5) is 0 Å². The molecule has 24 heavy (non-hydrogen) atoms. The molecule has 1 aromatic carbocycles. The topological polar surface area (TPSA) is 130 Å². The Kier molecular flexibility index (Phi) is 4.33. The standard InChI is InChI=1S/C16H18O8/c1-16(15(21)14(20)13(19)11(7-17)24-16)23-9-4-2-8-3-5-12(18)22-10(8)6-9/h2-6,11,13-15,17,19-21H,7H2,1H3/t11-,13+,14+,15-,16-/m1/s1. The van der Waals surface area contributed by atoms with Gasteiger partial charge in [0.2, 0.25) is 5.79 Å². The Bertz CT molecular complexity index is 785. The quantitative estimate of drug-likeness (QED) is 0.544. The van der Waals surface area contributed by atoms with Crippen molar-refractivity contribution in [3.8, 4) is 5.75 Å². The lowest BCUT2D eigenvalue weighted by Crippen LogP contribution is -2.66. The second kappa shape index (κ2) is 6.15. The Hall–Kier alpha value is -1.97. The van der Waals surface area contributed by atoms with Crippen molar-refractivity contribution in [1.29, 1.82) is 0 Å². The number of aliphatic hydroxyl groups is 4. The first kappa shape index (κ1) is 16.9. The molecule has 0 amide bonds. The van der Waals surface area contributed by atoms with Gasteiger partial charge in [0.25, 0.3) is 0 Å². The number of ether oxygens (including phenoxy) is 2. The number of aliphatic hydroxyl groups excluding tert-OH is 4. The van der Waals surface area contributed by atoms with Crippen LogP contribution in [0, 0.1) is 0 Å². The lowest BCUT2D eigenvalue weighted by Gasteiger charge is -2.46. The van der Waals surface area contributed by atoms with Gasteiger partial charge in [0, 0.05) is 24.4 Å². The summed E-state index contributed by atoms with van der Waals surface area (Å²) in [6, 6.07) is 7.57. The second-order valence-electron chi connectivity index (χ2n) is 5.84. The highest BCUT2D eigenvalue weighted by atomic mass is 16.7. The molecule has 0 spiro atoms. The monoisotopic (exact) mass is 338 g/mol. The summed E-state index contributed by atoms with van der Waals surface area (Å²) >= 11 is 0. The van der Waals surface area contributed by atoms with Crippen LogP contribution in [0.25, 0.3) is 11.0 Å². The van der Waals surface area contributed by atoms with E-state index in [1.807, 2.05) is 0 Å². The largest absolute Gasteiger partial charge is 0.460 e. The van der Waals surface area contributed by atoms with Crippen molar-refractivity contribution in [1.82, 2.24) is 0 Å². The van der Waals surface area contributed by atoms with Crippen LogP contribution in [0.15, 0.2) is 39.5 Å². The molecule has 1 fully saturated rings. The highest BCUT2D eigenvalue weighted by Crippen LogP contribution is 2.33. The van der Waals surface area contributed by atoms with Crippen molar-refractivity contribution >= 4 is 11.0 Å². The Labute approximate surface area is 136 Å². The summed E-state index contributed by atoms with van der Waals surface area (Å²) in [6.07, 6.45) is -5.68. The predicted octanol–water partition coefficient (Wildman–Crippen LogP) is -0.638. The SMILES string of the molecule is C[C@@]1(Oc2ccc3ccc(=O)oc3c2)O[C@H](CO)[C@H](O)[C@H](O)[C@H]1O. The molecule has 1 saturated heterocycles. The molecule has 2 heterocycles. The molecule has 0 bridgehead atoms. The van der Waals surface area contributed by atoms with E-state index in [9.17, 15) is 25.2 Å². The van der Waals surface area contributed by atoms with Crippen LogP contribution in [0.5, 0.6) is 5.75 Å². The zero-order valence-corrected chi connectivity index (χ0v) is 12.8. The van der Waals surface area contributed by atoms with Gasteiger partial charge in [-0.3, -0.25) is 0 Å². The first-order valence-corrected chi connectivity index (χ1v) is 7.40. The van der Waals surface area contributed by atoms with Gasteiger partial charge in [0.05, 0.1) is 6.61 Å². The van der Waals surface area contributed by atoms with Crippen LogP contribution in [0.2, 0.25) is 0 Å². The number of hydrogen-bond acceptors (Lipinski definition) is 8. The highest BCUT2D eigenvalue weighted by molar-refractivity contribution is 5.77. The predicted molar refractivity (Wildman–Crippen MR) is 81.5 cm³/mol. The Morgan fingerprint density at radius 2 is 1.88 bits per heavy atom. The van der Waals surface area contributed by atoms with E-state index in [1.165, 1.54) is 19.1 Å². The molecule has 130 valence electrons. The molecule has 5 atom stereocenters. The van der Waals surface area contributed by atoms with Crippen LogP contribution in [0.3, 0.4) is 0 Å². The summed E-state index contributed by atoms with van der Waals surface area (Å²) in [4.78, 5) is 11.3. The van der Waals surface area contributed by atoms with Crippen molar-refractivity contribution in [2.45, 2.75) is 37.1 Å². The molecule has 2 aromatic rings. The summed E-state index contributed by atoms with van der Waals surface area (Å²) in [5.74, 6) is -1.49. The molecular weight excluding hydrogens is 320 g/mol. The fraction of sp³-hybridized carbons (Fsp3) is 0.438. The van der Waals surface area contributed by atoms with Gasteiger partial charge < -0.3 is 34.3 Å². The van der Waals surface area contributed by atoms with Crippen molar-refractivity contribution in [2.24, 2.45) is 0 Å². The smallest absolute Gasteiger partial charge is 0.336 e. The van der Waals surface area contributed by atoms with E-state index in [0.717, 1.165) is 0 Å². The van der Waals surface area contributed by atoms with E-state index >= 15 is 0 Å². The van der Waals surface area contributed by atoms with Gasteiger partial charge in [0.15, 0.2) is 0 Å². The molecule has 0 unspecified atom stereocenters. The van der Waals surface area contributed by atoms with Crippen LogP contribution >= 0.6 is 0 Å². The molecule has 1 aliphatic heterocycles. The van der Waals surface area contributed by atoms with Crippen LogP contribution in [0.1, 0.15) is 6.92 Å². The molecule has 1 aromatic heterocycles. The summed E-state index contributed by atoms with van der Waals surface area (Å²) in [5, 5.41) is 39.8. The maximum Gasteiger partial charge on any atom is 0.336 e. The van der Waals surface area contributed by atoms with Crippen LogP contribution in [-0.4, -0.2) is 57.2 Å². The van der Waals surface area contributed by atoms with E-state index < -0.39 is 42.4 Å². The molecule has 8 heteroatoms. The average Bonchev–Trinajstić information content (AvgIpc) is 2.56. The third-order valence-electron chi connectivity index (χ3n) is 4.07. The second-order valence-corrected chi connectivity index (χ2v) is 5.84. The normalized spacial score (nSPS) is 33.5. The van der Waals surface area contributed by atoms with Gasteiger partial charge in [0.1, 0.15) is 35.7 Å². The molecule has 0 aliphatic carbocycles. The maximum absolute atomic E-state index is 11.3. The number of fused-ring (bicyclic) bond motifs is 1. The molecule has 8 nitrogen and oxygen atoms in total. The van der Waals surface area contributed by atoms with Crippen molar-refractivity contribution in [3.05, 3.63) is 40.8 Å². The van der Waals surface area contributed by atoms with Gasteiger partial charge in [-0.15, -0.1) is 0 Å². The minimum Gasteiger partial charge on any atom is -0.460 e. The molecule has 0 saturated carbocycles. The number of benzene rings is 1. The van der Waals surface area contributed by atoms with Crippen molar-refractivity contribution in [3.63, 3.8) is 0 Å². The lowest BCUT2D eigenvalue weighted by atomic mass is 9.93. The summed E-state index contributed by atoms with van der Waals surface area (Å²) in [5.41, 5.74) is -0.230. The van der Waals surface area contributed by atoms with E-state index in [-0.39, 0.29) is 11.3 Å². The Balaban J connectivity index is 1.92. The van der Waals surface area contributed by atoms with E-state index in [4.69, 9.17) is 13.9 Å². The van der Waals surface area contributed by atoms with Gasteiger partial charge in [-0.2, -0.15) is 0 Å².